The first-order valence-corrected chi connectivity index (χ1v) is 7.45. The first-order chi connectivity index (χ1) is 9.77. The van der Waals surface area contributed by atoms with E-state index in [1.54, 1.807) is 7.11 Å². The fraction of sp³-hybridized carbons (Fsp3) is 0.625. The summed E-state index contributed by atoms with van der Waals surface area (Å²) in [5.41, 5.74) is 2.57. The summed E-state index contributed by atoms with van der Waals surface area (Å²) in [6, 6.07) is 2.03. The summed E-state index contributed by atoms with van der Waals surface area (Å²) in [5, 5.41) is 0. The number of rotatable bonds is 2. The molecule has 114 valence electrons. The molecule has 0 radical (unpaired) electrons. The Kier molecular flexibility index (Phi) is 3.26. The predicted molar refractivity (Wildman–Crippen MR) is 82.6 cm³/mol. The Morgan fingerprint density at radius 3 is 2.33 bits per heavy atom. The molecule has 0 aromatic heterocycles. The molecule has 2 aliphatic heterocycles. The molecular formula is C16H23BO4. The second-order valence-corrected chi connectivity index (χ2v) is 6.79. The van der Waals surface area contributed by atoms with Gasteiger partial charge in [0.05, 0.1) is 24.9 Å². The maximum absolute atomic E-state index is 6.18. The molecule has 0 unspecified atom stereocenters. The monoisotopic (exact) mass is 290 g/mol. The van der Waals surface area contributed by atoms with Gasteiger partial charge >= 0.3 is 7.12 Å². The van der Waals surface area contributed by atoms with E-state index in [0.717, 1.165) is 28.9 Å². The highest BCUT2D eigenvalue weighted by atomic mass is 16.7. The van der Waals surface area contributed by atoms with Crippen LogP contribution in [0.1, 0.15) is 38.8 Å². The number of fused-ring (bicyclic) bond motifs is 1. The third kappa shape index (κ3) is 2.14. The van der Waals surface area contributed by atoms with E-state index >= 15 is 0 Å². The van der Waals surface area contributed by atoms with Crippen LogP contribution in [0.3, 0.4) is 0 Å². The summed E-state index contributed by atoms with van der Waals surface area (Å²) in [6.45, 7) is 11.0. The number of hydrogen-bond acceptors (Lipinski definition) is 4. The molecule has 21 heavy (non-hydrogen) atoms. The van der Waals surface area contributed by atoms with E-state index in [9.17, 15) is 0 Å². The largest absolute Gasteiger partial charge is 0.496 e. The Morgan fingerprint density at radius 1 is 1.14 bits per heavy atom. The van der Waals surface area contributed by atoms with Gasteiger partial charge in [0.2, 0.25) is 0 Å². The van der Waals surface area contributed by atoms with E-state index < -0.39 is 0 Å². The first kappa shape index (κ1) is 14.7. The number of ether oxygens (including phenoxy) is 2. The van der Waals surface area contributed by atoms with Gasteiger partial charge in [0, 0.05) is 12.0 Å². The van der Waals surface area contributed by atoms with Crippen molar-refractivity contribution in [2.45, 2.75) is 52.2 Å². The van der Waals surface area contributed by atoms with Gasteiger partial charge < -0.3 is 18.8 Å². The van der Waals surface area contributed by atoms with Crippen molar-refractivity contribution in [3.05, 3.63) is 17.2 Å². The molecule has 1 fully saturated rings. The van der Waals surface area contributed by atoms with Crippen LogP contribution < -0.4 is 14.9 Å². The molecule has 4 nitrogen and oxygen atoms in total. The van der Waals surface area contributed by atoms with Crippen LogP contribution in [-0.4, -0.2) is 32.0 Å². The lowest BCUT2D eigenvalue weighted by atomic mass is 9.74. The fourth-order valence-corrected chi connectivity index (χ4v) is 2.91. The molecule has 0 aliphatic carbocycles. The van der Waals surface area contributed by atoms with Crippen molar-refractivity contribution in [3.63, 3.8) is 0 Å². The minimum atomic E-state index is -0.375. The van der Waals surface area contributed by atoms with Gasteiger partial charge in [-0.25, -0.2) is 0 Å². The lowest BCUT2D eigenvalue weighted by molar-refractivity contribution is 0.00578. The third-order valence-electron chi connectivity index (χ3n) is 4.94. The highest BCUT2D eigenvalue weighted by molar-refractivity contribution is 6.62. The van der Waals surface area contributed by atoms with E-state index in [4.69, 9.17) is 18.8 Å². The molecule has 0 atom stereocenters. The summed E-state index contributed by atoms with van der Waals surface area (Å²) in [7, 11) is 1.30. The van der Waals surface area contributed by atoms with Gasteiger partial charge in [0.1, 0.15) is 11.5 Å². The Bertz CT molecular complexity index is 564. The minimum absolute atomic E-state index is 0.345. The zero-order valence-corrected chi connectivity index (χ0v) is 13.7. The minimum Gasteiger partial charge on any atom is -0.496 e. The Morgan fingerprint density at radius 2 is 1.76 bits per heavy atom. The molecule has 0 N–H and O–H groups in total. The Balaban J connectivity index is 2.07. The molecule has 0 spiro atoms. The first-order valence-electron chi connectivity index (χ1n) is 7.45. The number of benzene rings is 1. The number of methoxy groups -OCH3 is 1. The molecule has 0 saturated carbocycles. The van der Waals surface area contributed by atoms with E-state index in [-0.39, 0.29) is 18.3 Å². The van der Waals surface area contributed by atoms with Crippen LogP contribution in [0, 0.1) is 6.92 Å². The second-order valence-electron chi connectivity index (χ2n) is 6.79. The third-order valence-corrected chi connectivity index (χ3v) is 4.94. The molecule has 2 heterocycles. The van der Waals surface area contributed by atoms with Crippen molar-refractivity contribution >= 4 is 12.6 Å². The zero-order valence-electron chi connectivity index (χ0n) is 13.7. The van der Waals surface area contributed by atoms with E-state index in [1.807, 2.05) is 13.0 Å². The van der Waals surface area contributed by atoms with Crippen molar-refractivity contribution in [1.29, 1.82) is 0 Å². The van der Waals surface area contributed by atoms with Crippen LogP contribution in [0.25, 0.3) is 0 Å². The quantitative estimate of drug-likeness (QED) is 0.783. The number of hydrogen-bond donors (Lipinski definition) is 0. The fourth-order valence-electron chi connectivity index (χ4n) is 2.91. The Labute approximate surface area is 126 Å². The predicted octanol–water partition coefficient (Wildman–Crippen LogP) is 2.24. The van der Waals surface area contributed by atoms with Gasteiger partial charge in [-0.3, -0.25) is 0 Å². The molecule has 5 heteroatoms. The molecule has 2 aliphatic rings. The molecule has 1 saturated heterocycles. The van der Waals surface area contributed by atoms with Crippen LogP contribution in [0.5, 0.6) is 11.5 Å². The molecule has 3 rings (SSSR count). The van der Waals surface area contributed by atoms with Gasteiger partial charge in [0.15, 0.2) is 0 Å². The SMILES string of the molecule is COc1cc(B2OC(C)(C)C(C)(C)O2)c2c(c1C)OCC2. The summed E-state index contributed by atoms with van der Waals surface area (Å²) < 4.78 is 23.6. The van der Waals surface area contributed by atoms with Crippen LogP contribution in [-0.2, 0) is 15.7 Å². The topological polar surface area (TPSA) is 36.9 Å². The smallest absolute Gasteiger partial charge is 0.495 e. The lowest BCUT2D eigenvalue weighted by Crippen LogP contribution is -2.41. The van der Waals surface area contributed by atoms with Crippen LogP contribution >= 0.6 is 0 Å². The maximum Gasteiger partial charge on any atom is 0.495 e. The van der Waals surface area contributed by atoms with Gasteiger partial charge in [-0.2, -0.15) is 0 Å². The summed E-state index contributed by atoms with van der Waals surface area (Å²) >= 11 is 0. The van der Waals surface area contributed by atoms with Gasteiger partial charge in [-0.1, -0.05) is 0 Å². The van der Waals surface area contributed by atoms with Gasteiger partial charge in [0.25, 0.3) is 0 Å². The maximum atomic E-state index is 6.18. The van der Waals surface area contributed by atoms with Crippen molar-refractivity contribution in [2.75, 3.05) is 13.7 Å². The van der Waals surface area contributed by atoms with Crippen LogP contribution in [0.4, 0.5) is 0 Å². The summed E-state index contributed by atoms with van der Waals surface area (Å²) in [5.74, 6) is 1.75. The highest BCUT2D eigenvalue weighted by Crippen LogP contribution is 2.39. The average molecular weight is 290 g/mol. The van der Waals surface area contributed by atoms with E-state index in [0.29, 0.717) is 6.61 Å². The van der Waals surface area contributed by atoms with E-state index in [2.05, 4.69) is 27.7 Å². The summed E-state index contributed by atoms with van der Waals surface area (Å²) in [4.78, 5) is 0. The van der Waals surface area contributed by atoms with Crippen LogP contribution in [0.15, 0.2) is 6.07 Å². The van der Waals surface area contributed by atoms with Gasteiger partial charge in [-0.15, -0.1) is 0 Å². The van der Waals surface area contributed by atoms with Gasteiger partial charge in [-0.05, 0) is 51.7 Å². The van der Waals surface area contributed by atoms with Crippen LogP contribution in [0.2, 0.25) is 0 Å². The molecule has 0 amide bonds. The van der Waals surface area contributed by atoms with Crippen molar-refractivity contribution < 1.29 is 18.8 Å². The van der Waals surface area contributed by atoms with Crippen molar-refractivity contribution in [2.24, 2.45) is 0 Å². The molecule has 1 aromatic carbocycles. The van der Waals surface area contributed by atoms with Crippen molar-refractivity contribution in [1.82, 2.24) is 0 Å². The standard InChI is InChI=1S/C16H23BO4/c1-10-13(18-6)9-12(11-7-8-19-14(10)11)17-20-15(2,3)16(4,5)21-17/h9H,7-8H2,1-6H3. The zero-order chi connectivity index (χ0) is 15.4. The lowest BCUT2D eigenvalue weighted by Gasteiger charge is -2.32. The normalized spacial score (nSPS) is 22.1. The molecule has 1 aromatic rings. The van der Waals surface area contributed by atoms with E-state index in [1.165, 1.54) is 5.56 Å². The second kappa shape index (κ2) is 4.65. The molecule has 0 bridgehead atoms. The summed E-state index contributed by atoms with van der Waals surface area (Å²) in [6.07, 6.45) is 0.888. The highest BCUT2D eigenvalue weighted by Gasteiger charge is 2.52. The van der Waals surface area contributed by atoms with Crippen molar-refractivity contribution in [3.8, 4) is 11.5 Å². The molecular weight excluding hydrogens is 267 g/mol. The average Bonchev–Trinajstić information content (AvgIpc) is 2.94. The Hall–Kier alpha value is -1.20.